The molecule has 0 atom stereocenters. The van der Waals surface area contributed by atoms with Crippen LogP contribution >= 0.6 is 24.0 Å². The maximum atomic E-state index is 12.4. The van der Waals surface area contributed by atoms with Crippen molar-refractivity contribution in [2.75, 3.05) is 13.1 Å². The highest BCUT2D eigenvalue weighted by Gasteiger charge is 2.22. The summed E-state index contributed by atoms with van der Waals surface area (Å²) in [5, 5.41) is 4.92. The number of carbonyl (C=O) groups is 1. The Bertz CT molecular complexity index is 633. The van der Waals surface area contributed by atoms with Gasteiger partial charge >= 0.3 is 0 Å². The first-order chi connectivity index (χ1) is 10.1. The first kappa shape index (κ1) is 16.8. The molecular weight excluding hydrogens is 323 g/mol. The van der Waals surface area contributed by atoms with E-state index in [4.69, 9.17) is 17.3 Å². The zero-order chi connectivity index (χ0) is 14.8. The second kappa shape index (κ2) is 7.13. The third-order valence-electron chi connectivity index (χ3n) is 3.75. The van der Waals surface area contributed by atoms with Gasteiger partial charge in [-0.25, -0.2) is 4.68 Å². The van der Waals surface area contributed by atoms with Crippen molar-refractivity contribution in [1.82, 2.24) is 14.7 Å². The maximum Gasteiger partial charge on any atom is 0.257 e. The Labute approximate surface area is 140 Å². The molecule has 1 aromatic heterocycles. The highest BCUT2D eigenvalue weighted by molar-refractivity contribution is 6.30. The van der Waals surface area contributed by atoms with Crippen molar-refractivity contribution < 1.29 is 4.79 Å². The predicted molar refractivity (Wildman–Crippen MR) is 88.9 cm³/mol. The second-order valence-electron chi connectivity index (χ2n) is 5.28. The highest BCUT2D eigenvalue weighted by Crippen LogP contribution is 2.16. The van der Waals surface area contributed by atoms with Gasteiger partial charge in [-0.3, -0.25) is 4.79 Å². The van der Waals surface area contributed by atoms with Gasteiger partial charge in [-0.1, -0.05) is 11.6 Å². The van der Waals surface area contributed by atoms with E-state index < -0.39 is 0 Å². The minimum atomic E-state index is 0. The Hall–Kier alpha value is -1.56. The smallest absolute Gasteiger partial charge is 0.257 e. The summed E-state index contributed by atoms with van der Waals surface area (Å²) >= 11 is 5.87. The van der Waals surface area contributed by atoms with Crippen LogP contribution in [0.15, 0.2) is 36.7 Å². The zero-order valence-corrected chi connectivity index (χ0v) is 13.6. The van der Waals surface area contributed by atoms with Crippen LogP contribution in [0.4, 0.5) is 0 Å². The molecule has 7 heteroatoms. The normalized spacial score (nSPS) is 15.5. The molecule has 0 unspecified atom stereocenters. The van der Waals surface area contributed by atoms with Crippen LogP contribution < -0.4 is 5.73 Å². The van der Waals surface area contributed by atoms with E-state index >= 15 is 0 Å². The third kappa shape index (κ3) is 3.61. The van der Waals surface area contributed by atoms with Crippen LogP contribution in [0.2, 0.25) is 5.02 Å². The van der Waals surface area contributed by atoms with Crippen LogP contribution in [0.5, 0.6) is 0 Å². The Morgan fingerprint density at radius 2 is 1.86 bits per heavy atom. The van der Waals surface area contributed by atoms with Gasteiger partial charge in [-0.05, 0) is 37.1 Å². The molecule has 0 spiro atoms. The van der Waals surface area contributed by atoms with Crippen LogP contribution in [0.3, 0.4) is 0 Å². The molecule has 0 saturated carbocycles. The lowest BCUT2D eigenvalue weighted by atomic mass is 10.1. The molecule has 1 amide bonds. The quantitative estimate of drug-likeness (QED) is 0.913. The predicted octanol–water partition coefficient (Wildman–Crippen LogP) is 2.51. The van der Waals surface area contributed by atoms with Crippen LogP contribution in [0, 0.1) is 0 Å². The van der Waals surface area contributed by atoms with Gasteiger partial charge in [0.25, 0.3) is 5.91 Å². The van der Waals surface area contributed by atoms with E-state index in [1.807, 2.05) is 17.0 Å². The SMILES string of the molecule is Cl.NC1CCN(C(=O)c2cnn(-c3ccc(Cl)cc3)c2)CC1. The average Bonchev–Trinajstić information content (AvgIpc) is 2.98. The van der Waals surface area contributed by atoms with Crippen molar-refractivity contribution in [2.45, 2.75) is 18.9 Å². The molecule has 2 N–H and O–H groups in total. The summed E-state index contributed by atoms with van der Waals surface area (Å²) < 4.78 is 1.68. The first-order valence-electron chi connectivity index (χ1n) is 6.99. The maximum absolute atomic E-state index is 12.4. The molecule has 1 aromatic carbocycles. The van der Waals surface area contributed by atoms with E-state index in [1.54, 1.807) is 29.2 Å². The number of carbonyl (C=O) groups excluding carboxylic acids is 1. The molecule has 1 aliphatic heterocycles. The lowest BCUT2D eigenvalue weighted by Gasteiger charge is -2.29. The average molecular weight is 341 g/mol. The largest absolute Gasteiger partial charge is 0.338 e. The lowest BCUT2D eigenvalue weighted by molar-refractivity contribution is 0.0715. The first-order valence-corrected chi connectivity index (χ1v) is 7.37. The van der Waals surface area contributed by atoms with E-state index in [0.29, 0.717) is 23.7 Å². The Morgan fingerprint density at radius 1 is 1.23 bits per heavy atom. The van der Waals surface area contributed by atoms with Crippen LogP contribution in [0.25, 0.3) is 5.69 Å². The van der Waals surface area contributed by atoms with Crippen molar-refractivity contribution in [2.24, 2.45) is 5.73 Å². The van der Waals surface area contributed by atoms with Crippen molar-refractivity contribution in [3.63, 3.8) is 0 Å². The summed E-state index contributed by atoms with van der Waals surface area (Å²) in [5.74, 6) is 0.0158. The summed E-state index contributed by atoms with van der Waals surface area (Å²) in [6.07, 6.45) is 5.07. The molecule has 1 saturated heterocycles. The van der Waals surface area contributed by atoms with Crippen molar-refractivity contribution in [3.05, 3.63) is 47.2 Å². The van der Waals surface area contributed by atoms with Crippen molar-refractivity contribution >= 4 is 29.9 Å². The zero-order valence-electron chi connectivity index (χ0n) is 12.0. The van der Waals surface area contributed by atoms with Crippen LogP contribution in [-0.2, 0) is 0 Å². The fraction of sp³-hybridized carbons (Fsp3) is 0.333. The van der Waals surface area contributed by atoms with Crippen molar-refractivity contribution in [3.8, 4) is 5.69 Å². The van der Waals surface area contributed by atoms with Gasteiger partial charge in [0.15, 0.2) is 0 Å². The van der Waals surface area contributed by atoms with E-state index in [-0.39, 0.29) is 24.4 Å². The Morgan fingerprint density at radius 3 is 2.50 bits per heavy atom. The van der Waals surface area contributed by atoms with E-state index in [1.165, 1.54) is 0 Å². The molecule has 1 aliphatic rings. The molecule has 0 radical (unpaired) electrons. The molecular formula is C15H18Cl2N4O. The summed E-state index contributed by atoms with van der Waals surface area (Å²) in [6.45, 7) is 1.43. The number of halogens is 2. The molecule has 5 nitrogen and oxygen atoms in total. The Balaban J connectivity index is 0.00000176. The number of likely N-dealkylation sites (tertiary alicyclic amines) is 1. The second-order valence-corrected chi connectivity index (χ2v) is 5.72. The number of benzene rings is 1. The number of hydrogen-bond acceptors (Lipinski definition) is 3. The van der Waals surface area contributed by atoms with E-state index in [0.717, 1.165) is 18.5 Å². The molecule has 1 fully saturated rings. The number of aromatic nitrogens is 2. The summed E-state index contributed by atoms with van der Waals surface area (Å²) in [5.41, 5.74) is 7.33. The van der Waals surface area contributed by atoms with E-state index in [2.05, 4.69) is 5.10 Å². The number of rotatable bonds is 2. The minimum Gasteiger partial charge on any atom is -0.338 e. The number of piperidine rings is 1. The van der Waals surface area contributed by atoms with E-state index in [9.17, 15) is 4.79 Å². The number of amides is 1. The third-order valence-corrected chi connectivity index (χ3v) is 4.00. The highest BCUT2D eigenvalue weighted by atomic mass is 35.5. The molecule has 2 aromatic rings. The molecule has 0 bridgehead atoms. The molecule has 2 heterocycles. The Kier molecular flexibility index (Phi) is 5.45. The minimum absolute atomic E-state index is 0. The van der Waals surface area contributed by atoms with Gasteiger partial charge in [0.2, 0.25) is 0 Å². The fourth-order valence-corrected chi connectivity index (χ4v) is 2.58. The van der Waals surface area contributed by atoms with Crippen molar-refractivity contribution in [1.29, 1.82) is 0 Å². The summed E-state index contributed by atoms with van der Waals surface area (Å²) in [6, 6.07) is 7.54. The van der Waals surface area contributed by atoms with Gasteiger partial charge in [0, 0.05) is 30.4 Å². The number of nitrogens with two attached hydrogens (primary N) is 1. The monoisotopic (exact) mass is 340 g/mol. The van der Waals surface area contributed by atoms with Gasteiger partial charge in [0.1, 0.15) is 0 Å². The van der Waals surface area contributed by atoms with Gasteiger partial charge in [0.05, 0.1) is 17.4 Å². The molecule has 3 rings (SSSR count). The summed E-state index contributed by atoms with van der Waals surface area (Å²) in [7, 11) is 0. The fourth-order valence-electron chi connectivity index (χ4n) is 2.45. The van der Waals surface area contributed by atoms with Crippen LogP contribution in [-0.4, -0.2) is 39.7 Å². The van der Waals surface area contributed by atoms with Gasteiger partial charge in [-0.2, -0.15) is 5.10 Å². The standard InChI is InChI=1S/C15H17ClN4O.ClH/c16-12-1-3-14(4-2-12)20-10-11(9-18-20)15(21)19-7-5-13(17)6-8-19;/h1-4,9-10,13H,5-8,17H2;1H. The molecule has 0 aliphatic carbocycles. The van der Waals surface area contributed by atoms with Crippen LogP contribution in [0.1, 0.15) is 23.2 Å². The van der Waals surface area contributed by atoms with Gasteiger partial charge in [-0.15, -0.1) is 12.4 Å². The number of nitrogens with zero attached hydrogens (tertiary/aromatic N) is 3. The topological polar surface area (TPSA) is 64.2 Å². The molecule has 22 heavy (non-hydrogen) atoms. The molecule has 118 valence electrons. The summed E-state index contributed by atoms with van der Waals surface area (Å²) in [4.78, 5) is 14.3. The lowest BCUT2D eigenvalue weighted by Crippen LogP contribution is -2.42. The number of hydrogen-bond donors (Lipinski definition) is 1. The van der Waals surface area contributed by atoms with Gasteiger partial charge < -0.3 is 10.6 Å².